The largest absolute Gasteiger partial charge is 0.328 e. The van der Waals surface area contributed by atoms with E-state index in [-0.39, 0.29) is 17.1 Å². The zero-order valence-electron chi connectivity index (χ0n) is 10.4. The Labute approximate surface area is 117 Å². The highest BCUT2D eigenvalue weighted by molar-refractivity contribution is 6.30. The lowest BCUT2D eigenvalue weighted by molar-refractivity contribution is 0.101. The summed E-state index contributed by atoms with van der Waals surface area (Å²) in [5, 5.41) is -0.102. The summed E-state index contributed by atoms with van der Waals surface area (Å²) >= 11 is 5.64. The Bertz CT molecular complexity index is 795. The first kappa shape index (κ1) is 14.2. The maximum Gasteiger partial charge on any atom is 0.328 e. The van der Waals surface area contributed by atoms with Crippen molar-refractivity contribution in [3.8, 4) is 0 Å². The van der Waals surface area contributed by atoms with Gasteiger partial charge in [0, 0.05) is 6.20 Å². The van der Waals surface area contributed by atoms with Gasteiger partial charge in [0.1, 0.15) is 5.82 Å². The van der Waals surface area contributed by atoms with Gasteiger partial charge in [0.2, 0.25) is 0 Å². The highest BCUT2D eigenvalue weighted by Crippen LogP contribution is 2.16. The summed E-state index contributed by atoms with van der Waals surface area (Å²) in [6, 6.07) is 3.88. The molecule has 0 atom stereocenters. The number of aromatic amines is 1. The highest BCUT2D eigenvalue weighted by Gasteiger charge is 2.12. The molecule has 0 amide bonds. The lowest BCUT2D eigenvalue weighted by Gasteiger charge is -2.06. The number of ketones is 1. The Morgan fingerprint density at radius 1 is 1.40 bits per heavy atom. The Morgan fingerprint density at radius 2 is 2.10 bits per heavy atom. The fraction of sp³-hybridized carbons (Fsp3) is 0.154. The minimum Gasteiger partial charge on any atom is -0.313 e. The molecule has 0 spiro atoms. The summed E-state index contributed by atoms with van der Waals surface area (Å²) < 4.78 is 13.9. The van der Waals surface area contributed by atoms with Crippen molar-refractivity contribution in [3.63, 3.8) is 0 Å². The van der Waals surface area contributed by atoms with Crippen LogP contribution in [0.4, 0.5) is 4.39 Å². The van der Waals surface area contributed by atoms with E-state index in [9.17, 15) is 18.8 Å². The Morgan fingerprint density at radius 3 is 2.70 bits per heavy atom. The summed E-state index contributed by atoms with van der Waals surface area (Å²) in [5.41, 5.74) is -0.982. The van der Waals surface area contributed by atoms with Crippen molar-refractivity contribution in [2.24, 2.45) is 0 Å². The van der Waals surface area contributed by atoms with Gasteiger partial charge in [-0.2, -0.15) is 0 Å². The van der Waals surface area contributed by atoms with Crippen molar-refractivity contribution >= 4 is 17.4 Å². The smallest absolute Gasteiger partial charge is 0.313 e. The molecule has 1 N–H and O–H groups in total. The first-order chi connectivity index (χ1) is 9.40. The average molecular weight is 297 g/mol. The van der Waals surface area contributed by atoms with Gasteiger partial charge in [-0.15, -0.1) is 0 Å². The third-order valence-corrected chi connectivity index (χ3v) is 3.05. The van der Waals surface area contributed by atoms with Crippen LogP contribution in [0.3, 0.4) is 0 Å². The molecule has 104 valence electrons. The zero-order valence-corrected chi connectivity index (χ0v) is 11.2. The monoisotopic (exact) mass is 296 g/mol. The van der Waals surface area contributed by atoms with Gasteiger partial charge < -0.3 is 4.98 Å². The summed E-state index contributed by atoms with van der Waals surface area (Å²) in [6.07, 6.45) is 1.08. The van der Waals surface area contributed by atoms with Crippen LogP contribution < -0.4 is 11.2 Å². The molecule has 0 aliphatic heterocycles. The molecule has 0 radical (unpaired) electrons. The lowest BCUT2D eigenvalue weighted by atomic mass is 10.2. The summed E-state index contributed by atoms with van der Waals surface area (Å²) in [6.45, 7) is 1.13. The molecule has 1 aromatic carbocycles. The Hall–Kier alpha value is -2.21. The topological polar surface area (TPSA) is 71.9 Å². The first-order valence-corrected chi connectivity index (χ1v) is 6.05. The number of benzene rings is 1. The second-order valence-corrected chi connectivity index (χ2v) is 4.61. The van der Waals surface area contributed by atoms with Crippen molar-refractivity contribution in [1.82, 2.24) is 9.55 Å². The molecule has 20 heavy (non-hydrogen) atoms. The van der Waals surface area contributed by atoms with Crippen LogP contribution in [0.25, 0.3) is 0 Å². The molecule has 0 saturated heterocycles. The zero-order chi connectivity index (χ0) is 14.9. The molecule has 0 aliphatic carbocycles. The third kappa shape index (κ3) is 2.70. The van der Waals surface area contributed by atoms with Crippen molar-refractivity contribution in [2.75, 3.05) is 0 Å². The minimum absolute atomic E-state index is 0.102. The van der Waals surface area contributed by atoms with Crippen LogP contribution >= 0.6 is 11.6 Å². The summed E-state index contributed by atoms with van der Waals surface area (Å²) in [5.74, 6) is -1.04. The Kier molecular flexibility index (Phi) is 3.85. The lowest BCUT2D eigenvalue weighted by Crippen LogP contribution is -2.38. The number of nitrogens with one attached hydrogen (secondary N) is 1. The van der Waals surface area contributed by atoms with Crippen molar-refractivity contribution < 1.29 is 9.18 Å². The van der Waals surface area contributed by atoms with Gasteiger partial charge in [0.25, 0.3) is 5.56 Å². The standard InChI is InChI=1S/C13H10ClFN2O3/c1-7(18)9-5-16-13(20)17(12(9)19)6-8-2-3-11(15)10(14)4-8/h2-5H,6H2,1H3,(H,16,20). The van der Waals surface area contributed by atoms with E-state index in [2.05, 4.69) is 4.98 Å². The number of carbonyl (C=O) groups is 1. The number of rotatable bonds is 3. The van der Waals surface area contributed by atoms with Crippen LogP contribution in [0.15, 0.2) is 34.0 Å². The molecule has 7 heteroatoms. The third-order valence-electron chi connectivity index (χ3n) is 2.76. The molecule has 0 bridgehead atoms. The van der Waals surface area contributed by atoms with Crippen LogP contribution in [0, 0.1) is 5.82 Å². The van der Waals surface area contributed by atoms with Crippen LogP contribution in [-0.4, -0.2) is 15.3 Å². The van der Waals surface area contributed by atoms with Crippen molar-refractivity contribution in [2.45, 2.75) is 13.5 Å². The van der Waals surface area contributed by atoms with E-state index >= 15 is 0 Å². The molecule has 2 rings (SSSR count). The molecule has 0 fully saturated rings. The molecule has 1 aromatic heterocycles. The molecule has 1 heterocycles. The summed E-state index contributed by atoms with van der Waals surface area (Å²) in [4.78, 5) is 37.3. The highest BCUT2D eigenvalue weighted by atomic mass is 35.5. The number of hydrogen-bond acceptors (Lipinski definition) is 3. The normalized spacial score (nSPS) is 10.6. The molecule has 0 aliphatic rings. The van der Waals surface area contributed by atoms with E-state index in [4.69, 9.17) is 11.6 Å². The SMILES string of the molecule is CC(=O)c1c[nH]c(=O)n(Cc2ccc(F)c(Cl)c2)c1=O. The van der Waals surface area contributed by atoms with Gasteiger partial charge in [0.15, 0.2) is 5.78 Å². The average Bonchev–Trinajstić information content (AvgIpc) is 2.38. The molecular formula is C13H10ClFN2O3. The van der Waals surface area contributed by atoms with Crippen LogP contribution in [-0.2, 0) is 6.54 Å². The maximum absolute atomic E-state index is 13.1. The Balaban J connectivity index is 2.50. The van der Waals surface area contributed by atoms with Gasteiger partial charge in [-0.3, -0.25) is 14.2 Å². The molecule has 0 unspecified atom stereocenters. The molecule has 0 saturated carbocycles. The molecule has 2 aromatic rings. The van der Waals surface area contributed by atoms with Gasteiger partial charge in [0.05, 0.1) is 17.1 Å². The van der Waals surface area contributed by atoms with Crippen molar-refractivity contribution in [3.05, 3.63) is 67.2 Å². The number of carbonyl (C=O) groups excluding carboxylic acids is 1. The van der Waals surface area contributed by atoms with Gasteiger partial charge in [-0.25, -0.2) is 9.18 Å². The second kappa shape index (κ2) is 5.42. The summed E-state index contributed by atoms with van der Waals surface area (Å²) in [7, 11) is 0. The van der Waals surface area contributed by atoms with Crippen molar-refractivity contribution in [1.29, 1.82) is 0 Å². The van der Waals surface area contributed by atoms with E-state index in [0.29, 0.717) is 5.56 Å². The molecule has 5 nitrogen and oxygen atoms in total. The number of halogens is 2. The number of H-pyrrole nitrogens is 1. The van der Waals surface area contributed by atoms with E-state index in [1.165, 1.54) is 19.1 Å². The quantitative estimate of drug-likeness (QED) is 0.874. The second-order valence-electron chi connectivity index (χ2n) is 4.20. The fourth-order valence-electron chi connectivity index (χ4n) is 1.73. The first-order valence-electron chi connectivity index (χ1n) is 5.67. The van der Waals surface area contributed by atoms with Crippen LogP contribution in [0.2, 0.25) is 5.02 Å². The van der Waals surface area contributed by atoms with Crippen LogP contribution in [0.5, 0.6) is 0 Å². The minimum atomic E-state index is -0.693. The number of hydrogen-bond donors (Lipinski definition) is 1. The fourth-order valence-corrected chi connectivity index (χ4v) is 1.93. The van der Waals surface area contributed by atoms with Gasteiger partial charge in [-0.1, -0.05) is 17.7 Å². The van der Waals surface area contributed by atoms with E-state index in [0.717, 1.165) is 16.8 Å². The maximum atomic E-state index is 13.1. The van der Waals surface area contributed by atoms with Gasteiger partial charge in [-0.05, 0) is 24.6 Å². The number of nitrogens with zero attached hydrogens (tertiary/aromatic N) is 1. The molecular weight excluding hydrogens is 287 g/mol. The number of aromatic nitrogens is 2. The predicted molar refractivity (Wildman–Crippen MR) is 71.8 cm³/mol. The van der Waals surface area contributed by atoms with Gasteiger partial charge >= 0.3 is 5.69 Å². The van der Waals surface area contributed by atoms with E-state index < -0.39 is 22.8 Å². The van der Waals surface area contributed by atoms with E-state index in [1.807, 2.05) is 0 Å². The number of Topliss-reactive ketones (excluding diaryl/α,β-unsaturated/α-hetero) is 1. The van der Waals surface area contributed by atoms with Crippen LogP contribution in [0.1, 0.15) is 22.8 Å². The van der Waals surface area contributed by atoms with E-state index in [1.54, 1.807) is 0 Å². The predicted octanol–water partition coefficient (Wildman–Crippen LogP) is 1.58.